The van der Waals surface area contributed by atoms with E-state index in [1.165, 1.54) is 6.20 Å². The topological polar surface area (TPSA) is 140 Å². The number of nitrogen functional groups attached to an aromatic ring is 1. The summed E-state index contributed by atoms with van der Waals surface area (Å²) in [7, 11) is 0. The molecule has 4 heterocycles. The van der Waals surface area contributed by atoms with Crippen molar-refractivity contribution in [3.8, 4) is 10.6 Å². The number of aromatic nitrogens is 2. The van der Waals surface area contributed by atoms with Crippen molar-refractivity contribution in [3.63, 3.8) is 0 Å². The van der Waals surface area contributed by atoms with Gasteiger partial charge in [-0.1, -0.05) is 18.3 Å². The summed E-state index contributed by atoms with van der Waals surface area (Å²) in [6.07, 6.45) is 4.55. The molecule has 0 bridgehead atoms. The summed E-state index contributed by atoms with van der Waals surface area (Å²) in [5.74, 6) is -2.03. The van der Waals surface area contributed by atoms with Gasteiger partial charge in [0.25, 0.3) is 5.91 Å². The highest BCUT2D eigenvalue weighted by atomic mass is 32.1. The summed E-state index contributed by atoms with van der Waals surface area (Å²) in [5.41, 5.74) is 11.7. The summed E-state index contributed by atoms with van der Waals surface area (Å²) in [6, 6.07) is 4.02. The molecule has 2 unspecified atom stereocenters. The standard InChI is InChI=1S/C26H30F2N6O3S/c1-14-8-16(29)13-34(12-14)20-2-5-31-11-19(20)32-24(35)22-23(30)38-25(33-22)21-17(27)9-15(10-18(21)28)26(36)3-6-37-7-4-26/h2,5,9-11,14,16,36H,3-4,6-8,12-13,29-30H2,1H3,(H,32,35). The lowest BCUT2D eigenvalue weighted by Crippen LogP contribution is -2.46. The van der Waals surface area contributed by atoms with E-state index in [0.29, 0.717) is 31.4 Å². The highest BCUT2D eigenvalue weighted by Gasteiger charge is 2.34. The van der Waals surface area contributed by atoms with E-state index in [-0.39, 0.29) is 40.1 Å². The normalized spacial score (nSPS) is 21.3. The molecule has 0 radical (unpaired) electrons. The summed E-state index contributed by atoms with van der Waals surface area (Å²) < 4.78 is 35.6. The monoisotopic (exact) mass is 544 g/mol. The number of carbonyl (C=O) groups excluding carboxylic acids is 1. The molecule has 12 heteroatoms. The second-order valence-corrected chi connectivity index (χ2v) is 11.1. The number of nitrogens with zero attached hydrogens (tertiary/aromatic N) is 3. The Balaban J connectivity index is 1.40. The zero-order valence-corrected chi connectivity index (χ0v) is 21.7. The average Bonchev–Trinajstić information content (AvgIpc) is 3.25. The van der Waals surface area contributed by atoms with Crippen LogP contribution in [-0.2, 0) is 10.3 Å². The van der Waals surface area contributed by atoms with Crippen LogP contribution in [-0.4, -0.2) is 53.3 Å². The van der Waals surface area contributed by atoms with Crippen LogP contribution < -0.4 is 21.7 Å². The predicted molar refractivity (Wildman–Crippen MR) is 142 cm³/mol. The van der Waals surface area contributed by atoms with Gasteiger partial charge in [-0.3, -0.25) is 9.78 Å². The molecule has 2 atom stereocenters. The van der Waals surface area contributed by atoms with Crippen LogP contribution in [0.2, 0.25) is 0 Å². The summed E-state index contributed by atoms with van der Waals surface area (Å²) >= 11 is 0.809. The molecule has 9 nitrogen and oxygen atoms in total. The van der Waals surface area contributed by atoms with Crippen molar-refractivity contribution in [2.75, 3.05) is 42.3 Å². The van der Waals surface area contributed by atoms with Gasteiger partial charge < -0.3 is 31.5 Å². The number of hydrogen-bond acceptors (Lipinski definition) is 9. The highest BCUT2D eigenvalue weighted by molar-refractivity contribution is 7.19. The molecule has 2 fully saturated rings. The lowest BCUT2D eigenvalue weighted by molar-refractivity contribution is -0.0682. The minimum atomic E-state index is -1.37. The first-order valence-electron chi connectivity index (χ1n) is 12.5. The van der Waals surface area contributed by atoms with Gasteiger partial charge in [0.15, 0.2) is 5.69 Å². The van der Waals surface area contributed by atoms with Crippen LogP contribution in [0.25, 0.3) is 10.6 Å². The first-order valence-corrected chi connectivity index (χ1v) is 13.3. The van der Waals surface area contributed by atoms with Crippen LogP contribution in [0.4, 0.5) is 25.2 Å². The Bertz CT molecular complexity index is 1310. The van der Waals surface area contributed by atoms with Crippen molar-refractivity contribution in [1.82, 2.24) is 9.97 Å². The third kappa shape index (κ3) is 5.21. The number of carbonyl (C=O) groups is 1. The number of nitrogens with two attached hydrogens (primary N) is 2. The highest BCUT2D eigenvalue weighted by Crippen LogP contribution is 2.39. The molecular weight excluding hydrogens is 514 g/mol. The van der Waals surface area contributed by atoms with Crippen molar-refractivity contribution in [1.29, 1.82) is 0 Å². The fraction of sp³-hybridized carbons (Fsp3) is 0.423. The van der Waals surface area contributed by atoms with Crippen LogP contribution in [0, 0.1) is 17.6 Å². The number of thiazole rings is 1. The minimum Gasteiger partial charge on any atom is -0.389 e. The molecule has 202 valence electrons. The Morgan fingerprint density at radius 2 is 1.97 bits per heavy atom. The fourth-order valence-corrected chi connectivity index (χ4v) is 6.06. The summed E-state index contributed by atoms with van der Waals surface area (Å²) in [6.45, 7) is 4.13. The third-order valence-electron chi connectivity index (χ3n) is 7.06. The molecule has 0 saturated carbocycles. The summed E-state index contributed by atoms with van der Waals surface area (Å²) in [4.78, 5) is 23.6. The molecular formula is C26H30F2N6O3S. The van der Waals surface area contributed by atoms with Crippen LogP contribution in [0.5, 0.6) is 0 Å². The number of hydrogen-bond donors (Lipinski definition) is 4. The number of piperidine rings is 1. The fourth-order valence-electron chi connectivity index (χ4n) is 5.18. The second kappa shape index (κ2) is 10.5. The maximum atomic E-state index is 15.2. The lowest BCUT2D eigenvalue weighted by Gasteiger charge is -2.37. The van der Waals surface area contributed by atoms with Crippen LogP contribution in [0.3, 0.4) is 0 Å². The molecule has 0 spiro atoms. The van der Waals surface area contributed by atoms with Gasteiger partial charge in [-0.05, 0) is 36.1 Å². The first kappa shape index (κ1) is 26.4. The molecule has 6 N–H and O–H groups in total. The average molecular weight is 545 g/mol. The molecule has 2 aliphatic heterocycles. The molecule has 1 aromatic carbocycles. The van der Waals surface area contributed by atoms with Crippen LogP contribution >= 0.6 is 11.3 Å². The number of nitrogens with one attached hydrogen (secondary N) is 1. The maximum absolute atomic E-state index is 15.2. The number of rotatable bonds is 5. The van der Waals surface area contributed by atoms with Crippen molar-refractivity contribution in [2.45, 2.75) is 37.8 Å². The Morgan fingerprint density at radius 1 is 1.26 bits per heavy atom. The predicted octanol–water partition coefficient (Wildman–Crippen LogP) is 3.49. The van der Waals surface area contributed by atoms with E-state index in [4.69, 9.17) is 16.2 Å². The van der Waals surface area contributed by atoms with Crippen LogP contribution in [0.15, 0.2) is 30.6 Å². The first-order chi connectivity index (χ1) is 18.1. The van der Waals surface area contributed by atoms with E-state index in [1.807, 2.05) is 0 Å². The number of pyridine rings is 1. The van der Waals surface area contributed by atoms with E-state index < -0.39 is 28.7 Å². The molecule has 5 rings (SSSR count). The van der Waals surface area contributed by atoms with Gasteiger partial charge in [0.05, 0.1) is 28.7 Å². The Kier molecular flexibility index (Phi) is 7.32. The lowest BCUT2D eigenvalue weighted by atomic mass is 9.86. The number of anilines is 3. The van der Waals surface area contributed by atoms with Gasteiger partial charge in [-0.2, -0.15) is 0 Å². The quantitative estimate of drug-likeness (QED) is 0.383. The SMILES string of the molecule is CC1CC(N)CN(c2ccncc2NC(=O)c2nc(-c3c(F)cc(C4(O)CCOCC4)cc3F)sc2N)C1. The minimum absolute atomic E-state index is 0.00977. The second-order valence-electron chi connectivity index (χ2n) is 10.0. The Hall–Kier alpha value is -3.19. The zero-order chi connectivity index (χ0) is 27.0. The van der Waals surface area contributed by atoms with E-state index in [2.05, 4.69) is 27.1 Å². The molecule has 0 aliphatic carbocycles. The number of ether oxygens (including phenoxy) is 1. The summed E-state index contributed by atoms with van der Waals surface area (Å²) in [5, 5.41) is 13.6. The maximum Gasteiger partial charge on any atom is 0.277 e. The zero-order valence-electron chi connectivity index (χ0n) is 20.9. The Morgan fingerprint density at radius 3 is 2.66 bits per heavy atom. The van der Waals surface area contributed by atoms with Crippen molar-refractivity contribution >= 4 is 33.6 Å². The Labute approximate surface area is 222 Å². The molecule has 1 amide bonds. The number of benzene rings is 1. The van der Waals surface area contributed by atoms with E-state index in [1.54, 1.807) is 12.3 Å². The van der Waals surface area contributed by atoms with Gasteiger partial charge in [0.1, 0.15) is 21.6 Å². The number of amides is 1. The molecule has 2 aromatic heterocycles. The van der Waals surface area contributed by atoms with Gasteiger partial charge in [0.2, 0.25) is 0 Å². The van der Waals surface area contributed by atoms with E-state index >= 15 is 8.78 Å². The van der Waals surface area contributed by atoms with Gasteiger partial charge in [0, 0.05) is 51.4 Å². The molecule has 38 heavy (non-hydrogen) atoms. The number of halogens is 2. The van der Waals surface area contributed by atoms with Crippen molar-refractivity contribution in [2.24, 2.45) is 11.7 Å². The van der Waals surface area contributed by atoms with Gasteiger partial charge in [-0.25, -0.2) is 13.8 Å². The van der Waals surface area contributed by atoms with Gasteiger partial charge >= 0.3 is 0 Å². The van der Waals surface area contributed by atoms with Crippen LogP contribution in [0.1, 0.15) is 42.2 Å². The third-order valence-corrected chi connectivity index (χ3v) is 7.96. The van der Waals surface area contributed by atoms with E-state index in [0.717, 1.165) is 42.1 Å². The van der Waals surface area contributed by atoms with E-state index in [9.17, 15) is 9.90 Å². The molecule has 2 aliphatic rings. The number of aliphatic hydroxyl groups is 1. The smallest absolute Gasteiger partial charge is 0.277 e. The largest absolute Gasteiger partial charge is 0.389 e. The molecule has 2 saturated heterocycles. The van der Waals surface area contributed by atoms with Crippen molar-refractivity contribution < 1.29 is 23.4 Å². The van der Waals surface area contributed by atoms with Crippen molar-refractivity contribution in [3.05, 3.63) is 53.5 Å². The van der Waals surface area contributed by atoms with Gasteiger partial charge in [-0.15, -0.1) is 0 Å². The molecule has 3 aromatic rings.